The minimum absolute atomic E-state index is 0.00721. The average molecular weight is 339 g/mol. The van der Waals surface area contributed by atoms with E-state index in [9.17, 15) is 14.9 Å². The van der Waals surface area contributed by atoms with Gasteiger partial charge in [-0.25, -0.2) is 0 Å². The first kappa shape index (κ1) is 16.6. The quantitative estimate of drug-likeness (QED) is 0.567. The molecule has 1 N–H and O–H groups in total. The second-order valence-electron chi connectivity index (χ2n) is 5.87. The SMILES string of the molecule is Cc1c(CCC(=O)O)c2c([N+](=O)[O-])c(-c3ccncc3)ccc2n1C. The predicted molar refractivity (Wildman–Crippen MR) is 93.5 cm³/mol. The zero-order valence-corrected chi connectivity index (χ0v) is 13.9. The maximum absolute atomic E-state index is 11.9. The highest BCUT2D eigenvalue weighted by Gasteiger charge is 2.26. The number of aryl methyl sites for hydroxylation is 2. The summed E-state index contributed by atoms with van der Waals surface area (Å²) in [6.45, 7) is 1.85. The van der Waals surface area contributed by atoms with Gasteiger partial charge in [0.2, 0.25) is 0 Å². The minimum Gasteiger partial charge on any atom is -0.481 e. The molecule has 0 saturated heterocycles. The van der Waals surface area contributed by atoms with Gasteiger partial charge in [0.1, 0.15) is 0 Å². The van der Waals surface area contributed by atoms with Crippen molar-refractivity contribution in [1.82, 2.24) is 9.55 Å². The molecular formula is C18H17N3O4. The molecule has 0 radical (unpaired) electrons. The summed E-state index contributed by atoms with van der Waals surface area (Å²) in [5.74, 6) is -0.927. The third-order valence-electron chi connectivity index (χ3n) is 4.52. The number of rotatable bonds is 5. The standard InChI is InChI=1S/C18H17N3O4/c1-11-13(4-6-16(22)23)17-15(20(11)2)5-3-14(18(17)21(24)25)12-7-9-19-10-8-12/h3,5,7-10H,4,6H2,1-2H3,(H,22,23). The Morgan fingerprint density at radius 1 is 1.28 bits per heavy atom. The first-order valence-corrected chi connectivity index (χ1v) is 7.79. The van der Waals surface area contributed by atoms with E-state index in [0.29, 0.717) is 22.1 Å². The zero-order chi connectivity index (χ0) is 18.1. The summed E-state index contributed by atoms with van der Waals surface area (Å²) in [7, 11) is 1.83. The van der Waals surface area contributed by atoms with E-state index in [1.807, 2.05) is 24.6 Å². The molecule has 2 heterocycles. The fraction of sp³-hybridized carbons (Fsp3) is 0.222. The van der Waals surface area contributed by atoms with Crippen LogP contribution >= 0.6 is 0 Å². The van der Waals surface area contributed by atoms with E-state index in [0.717, 1.165) is 11.2 Å². The van der Waals surface area contributed by atoms with Gasteiger partial charge in [-0.3, -0.25) is 19.9 Å². The fourth-order valence-electron chi connectivity index (χ4n) is 3.21. The van der Waals surface area contributed by atoms with Crippen LogP contribution in [-0.4, -0.2) is 25.6 Å². The lowest BCUT2D eigenvalue weighted by Gasteiger charge is -2.06. The Bertz CT molecular complexity index is 977. The third-order valence-corrected chi connectivity index (χ3v) is 4.52. The number of benzene rings is 1. The monoisotopic (exact) mass is 339 g/mol. The molecule has 7 nitrogen and oxygen atoms in total. The van der Waals surface area contributed by atoms with Crippen molar-refractivity contribution in [2.75, 3.05) is 0 Å². The molecule has 0 amide bonds. The van der Waals surface area contributed by atoms with Crippen LogP contribution in [0.4, 0.5) is 5.69 Å². The number of carboxylic acids is 1. The molecule has 1 aromatic carbocycles. The minimum atomic E-state index is -0.927. The number of nitro groups is 1. The van der Waals surface area contributed by atoms with Gasteiger partial charge in [-0.2, -0.15) is 0 Å². The average Bonchev–Trinajstić information content (AvgIpc) is 2.84. The van der Waals surface area contributed by atoms with Crippen LogP contribution in [0.1, 0.15) is 17.7 Å². The van der Waals surface area contributed by atoms with Gasteiger partial charge in [0.15, 0.2) is 0 Å². The van der Waals surface area contributed by atoms with Crippen molar-refractivity contribution in [2.24, 2.45) is 7.05 Å². The number of hydrogen-bond acceptors (Lipinski definition) is 4. The van der Waals surface area contributed by atoms with Crippen molar-refractivity contribution >= 4 is 22.6 Å². The molecule has 128 valence electrons. The Morgan fingerprint density at radius 3 is 2.56 bits per heavy atom. The van der Waals surface area contributed by atoms with Gasteiger partial charge in [0.05, 0.1) is 21.4 Å². The molecular weight excluding hydrogens is 322 g/mol. The molecule has 3 rings (SSSR count). The van der Waals surface area contributed by atoms with Gasteiger partial charge in [0, 0.05) is 31.6 Å². The number of aliphatic carboxylic acids is 1. The summed E-state index contributed by atoms with van der Waals surface area (Å²) in [4.78, 5) is 26.4. The van der Waals surface area contributed by atoms with Crippen LogP contribution < -0.4 is 0 Å². The van der Waals surface area contributed by atoms with Crippen molar-refractivity contribution in [3.05, 3.63) is 58.0 Å². The highest BCUT2D eigenvalue weighted by Crippen LogP contribution is 2.40. The van der Waals surface area contributed by atoms with Crippen LogP contribution in [0.2, 0.25) is 0 Å². The number of carboxylic acid groups (broad SMARTS) is 1. The zero-order valence-electron chi connectivity index (χ0n) is 13.9. The maximum Gasteiger partial charge on any atom is 0.303 e. The number of nitrogens with zero attached hydrogens (tertiary/aromatic N) is 3. The Labute approximate surface area is 143 Å². The molecule has 0 fully saturated rings. The Balaban J connectivity index is 2.35. The molecule has 25 heavy (non-hydrogen) atoms. The molecule has 3 aromatic rings. The van der Waals surface area contributed by atoms with Gasteiger partial charge in [-0.05, 0) is 48.7 Å². The summed E-state index contributed by atoms with van der Waals surface area (Å²) in [5, 5.41) is 21.4. The van der Waals surface area contributed by atoms with E-state index >= 15 is 0 Å². The van der Waals surface area contributed by atoms with Gasteiger partial charge < -0.3 is 9.67 Å². The fourth-order valence-corrected chi connectivity index (χ4v) is 3.21. The molecule has 0 saturated carbocycles. The highest BCUT2D eigenvalue weighted by atomic mass is 16.6. The van der Waals surface area contributed by atoms with Crippen LogP contribution in [0, 0.1) is 17.0 Å². The summed E-state index contributed by atoms with van der Waals surface area (Å²) >= 11 is 0. The van der Waals surface area contributed by atoms with Crippen molar-refractivity contribution in [3.63, 3.8) is 0 Å². The predicted octanol–water partition coefficient (Wildman–Crippen LogP) is 3.47. The van der Waals surface area contributed by atoms with Crippen molar-refractivity contribution in [1.29, 1.82) is 0 Å². The number of nitro benzene ring substituents is 1. The lowest BCUT2D eigenvalue weighted by Crippen LogP contribution is -2.00. The van der Waals surface area contributed by atoms with Crippen LogP contribution in [-0.2, 0) is 18.3 Å². The summed E-state index contributed by atoms with van der Waals surface area (Å²) in [6, 6.07) is 7.02. The number of fused-ring (bicyclic) bond motifs is 1. The second-order valence-corrected chi connectivity index (χ2v) is 5.87. The van der Waals surface area contributed by atoms with Crippen molar-refractivity contribution in [3.8, 4) is 11.1 Å². The van der Waals surface area contributed by atoms with Crippen LogP contribution in [0.15, 0.2) is 36.7 Å². The van der Waals surface area contributed by atoms with Gasteiger partial charge >= 0.3 is 5.97 Å². The molecule has 0 unspecified atom stereocenters. The van der Waals surface area contributed by atoms with Gasteiger partial charge in [0.25, 0.3) is 5.69 Å². The molecule has 7 heteroatoms. The smallest absolute Gasteiger partial charge is 0.303 e. The van der Waals surface area contributed by atoms with Crippen molar-refractivity contribution in [2.45, 2.75) is 19.8 Å². The Morgan fingerprint density at radius 2 is 1.96 bits per heavy atom. The van der Waals surface area contributed by atoms with E-state index in [2.05, 4.69) is 4.98 Å². The van der Waals surface area contributed by atoms with E-state index in [4.69, 9.17) is 5.11 Å². The first-order chi connectivity index (χ1) is 11.9. The Hall–Kier alpha value is -3.22. The molecule has 0 aliphatic carbocycles. The second kappa shape index (κ2) is 6.35. The molecule has 0 bridgehead atoms. The normalized spacial score (nSPS) is 11.0. The number of aromatic nitrogens is 2. The molecule has 0 aliphatic heterocycles. The highest BCUT2D eigenvalue weighted by molar-refractivity contribution is 6.00. The summed E-state index contributed by atoms with van der Waals surface area (Å²) in [6.07, 6.45) is 3.35. The largest absolute Gasteiger partial charge is 0.481 e. The van der Waals surface area contributed by atoms with E-state index in [-0.39, 0.29) is 23.5 Å². The lowest BCUT2D eigenvalue weighted by molar-refractivity contribution is -0.382. The third kappa shape index (κ3) is 2.84. The maximum atomic E-state index is 11.9. The number of pyridine rings is 1. The lowest BCUT2D eigenvalue weighted by atomic mass is 9.98. The van der Waals surface area contributed by atoms with E-state index < -0.39 is 5.97 Å². The topological polar surface area (TPSA) is 98.3 Å². The summed E-state index contributed by atoms with van der Waals surface area (Å²) in [5.41, 5.74) is 3.49. The number of hydrogen-bond donors (Lipinski definition) is 1. The first-order valence-electron chi connectivity index (χ1n) is 7.79. The molecule has 0 atom stereocenters. The molecule has 2 aromatic heterocycles. The van der Waals surface area contributed by atoms with Gasteiger partial charge in [-0.1, -0.05) is 0 Å². The Kier molecular flexibility index (Phi) is 4.22. The van der Waals surface area contributed by atoms with Crippen LogP contribution in [0.3, 0.4) is 0 Å². The van der Waals surface area contributed by atoms with E-state index in [1.165, 1.54) is 0 Å². The van der Waals surface area contributed by atoms with E-state index in [1.54, 1.807) is 30.6 Å². The van der Waals surface area contributed by atoms with Crippen molar-refractivity contribution < 1.29 is 14.8 Å². The van der Waals surface area contributed by atoms with Crippen LogP contribution in [0.5, 0.6) is 0 Å². The van der Waals surface area contributed by atoms with Gasteiger partial charge in [-0.15, -0.1) is 0 Å². The number of carbonyl (C=O) groups is 1. The van der Waals surface area contributed by atoms with Crippen LogP contribution in [0.25, 0.3) is 22.0 Å². The molecule has 0 aliphatic rings. The summed E-state index contributed by atoms with van der Waals surface area (Å²) < 4.78 is 1.87. The molecule has 0 spiro atoms.